The van der Waals surface area contributed by atoms with Gasteiger partial charge in [0.05, 0.1) is 0 Å². The van der Waals surface area contributed by atoms with Gasteiger partial charge in [-0.05, 0) is 6.42 Å². The second-order valence-corrected chi connectivity index (χ2v) is 2.42. The van der Waals surface area contributed by atoms with Gasteiger partial charge < -0.3 is 0 Å². The summed E-state index contributed by atoms with van der Waals surface area (Å²) < 4.78 is 0. The lowest BCUT2D eigenvalue weighted by Crippen LogP contribution is -1.94. The Kier molecular flexibility index (Phi) is 4.83. The van der Waals surface area contributed by atoms with Crippen LogP contribution in [0.2, 0.25) is 12.1 Å². The lowest BCUT2D eigenvalue weighted by Gasteiger charge is -2.01. The number of hydrogen-bond donors (Lipinski definition) is 0. The van der Waals surface area contributed by atoms with Crippen LogP contribution in [0.15, 0.2) is 12.7 Å². The van der Waals surface area contributed by atoms with Crippen LogP contribution >= 0.6 is 0 Å². The molecule has 0 N–H and O–H groups in total. The largest absolute Gasteiger partial charge is 0.123 e. The zero-order valence-electron chi connectivity index (χ0n) is 5.98. The van der Waals surface area contributed by atoms with Gasteiger partial charge in [0.15, 0.2) is 0 Å². The van der Waals surface area contributed by atoms with Gasteiger partial charge in [-0.25, -0.2) is 0 Å². The molecular formula is C7H15B. The molecule has 0 aliphatic rings. The summed E-state index contributed by atoms with van der Waals surface area (Å²) in [5.74, 6) is 0.845. The summed E-state index contributed by atoms with van der Waals surface area (Å²) in [5, 5.41) is 0. The van der Waals surface area contributed by atoms with Crippen LogP contribution in [0.4, 0.5) is 0 Å². The Labute approximate surface area is 53.2 Å². The second-order valence-electron chi connectivity index (χ2n) is 2.42. The molecule has 0 aromatic heterocycles. The Hall–Kier alpha value is -0.195. The Balaban J connectivity index is 3.03. The third kappa shape index (κ3) is 3.98. The summed E-state index contributed by atoms with van der Waals surface area (Å²) in [6.07, 6.45) is 4.48. The molecule has 0 aromatic carbocycles. The minimum absolute atomic E-state index is 0.845. The quantitative estimate of drug-likeness (QED) is 0.384. The van der Waals surface area contributed by atoms with Crippen molar-refractivity contribution in [1.82, 2.24) is 0 Å². The van der Waals surface area contributed by atoms with Crippen molar-refractivity contribution in [1.29, 1.82) is 0 Å². The van der Waals surface area contributed by atoms with E-state index in [0.717, 1.165) is 5.82 Å². The highest BCUT2D eigenvalue weighted by molar-refractivity contribution is 6.37. The topological polar surface area (TPSA) is 0 Å². The molecule has 0 radical (unpaired) electrons. The molecule has 0 aliphatic heterocycles. The maximum absolute atomic E-state index is 3.68. The predicted molar refractivity (Wildman–Crippen MR) is 41.9 cm³/mol. The molecule has 0 spiro atoms. The Bertz CT molecular complexity index is 59.4. The summed E-state index contributed by atoms with van der Waals surface area (Å²) >= 11 is 0. The normalized spacial score (nSPS) is 12.8. The van der Waals surface area contributed by atoms with Crippen molar-refractivity contribution in [2.24, 2.45) is 0 Å². The van der Waals surface area contributed by atoms with Crippen LogP contribution in [0, 0.1) is 0 Å². The van der Waals surface area contributed by atoms with Gasteiger partial charge in [0.25, 0.3) is 0 Å². The van der Waals surface area contributed by atoms with Gasteiger partial charge in [0.2, 0.25) is 0 Å². The third-order valence-corrected chi connectivity index (χ3v) is 1.35. The van der Waals surface area contributed by atoms with Crippen LogP contribution in [0.5, 0.6) is 0 Å². The first-order chi connectivity index (χ1) is 3.81. The molecule has 0 aromatic rings. The van der Waals surface area contributed by atoms with Crippen LogP contribution in [0.1, 0.15) is 20.3 Å². The van der Waals surface area contributed by atoms with Crippen molar-refractivity contribution in [3.63, 3.8) is 0 Å². The van der Waals surface area contributed by atoms with Crippen molar-refractivity contribution >= 4 is 7.28 Å². The van der Waals surface area contributed by atoms with E-state index in [4.69, 9.17) is 0 Å². The SMILES string of the molecule is C=CC[C@H](C)BCC. The maximum Gasteiger partial charge on any atom is 0.123 e. The number of hydrogen-bond acceptors (Lipinski definition) is 0. The average molecular weight is 110 g/mol. The molecule has 1 heteroatoms. The van der Waals surface area contributed by atoms with Crippen molar-refractivity contribution in [3.05, 3.63) is 12.7 Å². The fourth-order valence-electron chi connectivity index (χ4n) is 0.895. The van der Waals surface area contributed by atoms with Crippen LogP contribution < -0.4 is 0 Å². The Morgan fingerprint density at radius 3 is 2.75 bits per heavy atom. The standard InChI is InChI=1S/C7H15B/c1-4-6-7(3)8-5-2/h4,7-8H,1,5-6H2,2-3H3/t7-/m0/s1. The van der Waals surface area contributed by atoms with Crippen molar-refractivity contribution in [2.45, 2.75) is 32.4 Å². The highest BCUT2D eigenvalue weighted by atomic mass is 13.8. The van der Waals surface area contributed by atoms with Gasteiger partial charge in [-0.15, -0.1) is 6.58 Å². The third-order valence-electron chi connectivity index (χ3n) is 1.35. The first-order valence-electron chi connectivity index (χ1n) is 3.42. The van der Waals surface area contributed by atoms with E-state index in [1.54, 1.807) is 0 Å². The Morgan fingerprint density at radius 2 is 2.38 bits per heavy atom. The summed E-state index contributed by atoms with van der Waals surface area (Å²) in [4.78, 5) is 0. The van der Waals surface area contributed by atoms with E-state index >= 15 is 0 Å². The molecule has 46 valence electrons. The molecule has 8 heavy (non-hydrogen) atoms. The van der Waals surface area contributed by atoms with Crippen LogP contribution in [-0.4, -0.2) is 7.28 Å². The summed E-state index contributed by atoms with van der Waals surface area (Å²) in [5.41, 5.74) is 0. The fraction of sp³-hybridized carbons (Fsp3) is 0.714. The lowest BCUT2D eigenvalue weighted by molar-refractivity contribution is 0.934. The maximum atomic E-state index is 3.68. The summed E-state index contributed by atoms with van der Waals surface area (Å²) in [6, 6.07) is 0. The molecule has 0 amide bonds. The first kappa shape index (κ1) is 7.80. The highest BCUT2D eigenvalue weighted by Gasteiger charge is 1.96. The van der Waals surface area contributed by atoms with Gasteiger partial charge in [-0.2, -0.15) is 0 Å². The summed E-state index contributed by atoms with van der Waals surface area (Å²) in [7, 11) is 1.34. The molecule has 0 heterocycles. The van der Waals surface area contributed by atoms with E-state index in [1.807, 2.05) is 6.08 Å². The molecular weight excluding hydrogens is 94.9 g/mol. The van der Waals surface area contributed by atoms with Crippen LogP contribution in [0.3, 0.4) is 0 Å². The van der Waals surface area contributed by atoms with Crippen molar-refractivity contribution < 1.29 is 0 Å². The minimum atomic E-state index is 0.845. The summed E-state index contributed by atoms with van der Waals surface area (Å²) in [6.45, 7) is 8.17. The number of allylic oxidation sites excluding steroid dienone is 1. The first-order valence-corrected chi connectivity index (χ1v) is 3.42. The molecule has 1 atom stereocenters. The molecule has 0 saturated heterocycles. The van der Waals surface area contributed by atoms with E-state index in [0.29, 0.717) is 0 Å². The lowest BCUT2D eigenvalue weighted by atomic mass is 9.62. The van der Waals surface area contributed by atoms with Crippen molar-refractivity contribution in [2.75, 3.05) is 0 Å². The molecule has 0 nitrogen and oxygen atoms in total. The minimum Gasteiger partial charge on any atom is -0.103 e. The monoisotopic (exact) mass is 110 g/mol. The van der Waals surface area contributed by atoms with Gasteiger partial charge in [-0.3, -0.25) is 0 Å². The smallest absolute Gasteiger partial charge is 0.103 e. The average Bonchev–Trinajstić information content (AvgIpc) is 1.68. The second kappa shape index (κ2) is 4.95. The van der Waals surface area contributed by atoms with Crippen LogP contribution in [0.25, 0.3) is 0 Å². The molecule has 0 saturated carbocycles. The highest BCUT2D eigenvalue weighted by Crippen LogP contribution is 2.08. The fourth-order valence-corrected chi connectivity index (χ4v) is 0.895. The van der Waals surface area contributed by atoms with E-state index in [2.05, 4.69) is 20.4 Å². The van der Waals surface area contributed by atoms with E-state index in [-0.39, 0.29) is 0 Å². The van der Waals surface area contributed by atoms with Gasteiger partial charge in [0, 0.05) is 0 Å². The van der Waals surface area contributed by atoms with Gasteiger partial charge in [-0.1, -0.05) is 32.1 Å². The van der Waals surface area contributed by atoms with E-state index in [9.17, 15) is 0 Å². The van der Waals surface area contributed by atoms with E-state index < -0.39 is 0 Å². The van der Waals surface area contributed by atoms with E-state index in [1.165, 1.54) is 20.0 Å². The number of rotatable bonds is 4. The molecule has 0 fully saturated rings. The van der Waals surface area contributed by atoms with Gasteiger partial charge in [0.1, 0.15) is 7.28 Å². The van der Waals surface area contributed by atoms with Crippen molar-refractivity contribution in [3.8, 4) is 0 Å². The zero-order chi connectivity index (χ0) is 6.41. The van der Waals surface area contributed by atoms with Gasteiger partial charge >= 0.3 is 0 Å². The molecule has 0 aliphatic carbocycles. The zero-order valence-corrected chi connectivity index (χ0v) is 5.98. The Morgan fingerprint density at radius 1 is 1.75 bits per heavy atom. The van der Waals surface area contributed by atoms with Crippen LogP contribution in [-0.2, 0) is 0 Å². The predicted octanol–water partition coefficient (Wildman–Crippen LogP) is 2.25. The molecule has 0 rings (SSSR count). The molecule has 0 unspecified atom stereocenters. The molecule has 0 bridgehead atoms.